The molecule has 3 N–H and O–H groups in total. The zero-order valence-electron chi connectivity index (χ0n) is 23.1. The minimum absolute atomic E-state index is 0.0563. The standard InChI is InChI=1S/C30H46O8/c1-17-27(33)24(35-3)14-26(37-17)38-20-6-10-29(16-31)19(13-20)4-5-23-22(29)7-9-28(2)21(8-11-30(23,28)34)18-12-25(32)36-15-18/h12,17,19-24,26-27,31,33-34H,4-11,13-16H2,1-3H3. The first-order chi connectivity index (χ1) is 18.1. The molecule has 6 aliphatic rings. The van der Waals surface area contributed by atoms with Crippen LogP contribution in [0.25, 0.3) is 0 Å². The Bertz CT molecular complexity index is 953. The van der Waals surface area contributed by atoms with Crippen LogP contribution < -0.4 is 0 Å². The zero-order valence-corrected chi connectivity index (χ0v) is 23.1. The molecule has 214 valence electrons. The highest BCUT2D eigenvalue weighted by Crippen LogP contribution is 2.70. The summed E-state index contributed by atoms with van der Waals surface area (Å²) in [4.78, 5) is 11.8. The van der Waals surface area contributed by atoms with Gasteiger partial charge in [-0.3, -0.25) is 0 Å². The first-order valence-electron chi connectivity index (χ1n) is 14.9. The topological polar surface area (TPSA) is 115 Å². The van der Waals surface area contributed by atoms with Gasteiger partial charge in [-0.2, -0.15) is 0 Å². The van der Waals surface area contributed by atoms with Gasteiger partial charge < -0.3 is 34.3 Å². The fourth-order valence-electron chi connectivity index (χ4n) is 10.1. The minimum Gasteiger partial charge on any atom is -0.458 e. The third kappa shape index (κ3) is 3.96. The van der Waals surface area contributed by atoms with E-state index in [9.17, 15) is 20.1 Å². The van der Waals surface area contributed by atoms with Gasteiger partial charge >= 0.3 is 5.97 Å². The molecule has 8 heteroatoms. The molecule has 38 heavy (non-hydrogen) atoms. The van der Waals surface area contributed by atoms with Crippen molar-refractivity contribution in [3.05, 3.63) is 11.6 Å². The number of hydrogen-bond donors (Lipinski definition) is 3. The molecule has 12 unspecified atom stereocenters. The predicted molar refractivity (Wildman–Crippen MR) is 138 cm³/mol. The second-order valence-electron chi connectivity index (χ2n) is 13.5. The van der Waals surface area contributed by atoms with E-state index in [4.69, 9.17) is 18.9 Å². The Balaban J connectivity index is 1.17. The maximum atomic E-state index is 12.4. The average molecular weight is 535 g/mol. The molecule has 4 aliphatic carbocycles. The molecule has 8 nitrogen and oxygen atoms in total. The van der Waals surface area contributed by atoms with Crippen molar-refractivity contribution in [1.29, 1.82) is 0 Å². The molecule has 0 aromatic carbocycles. The van der Waals surface area contributed by atoms with Gasteiger partial charge in [-0.1, -0.05) is 6.92 Å². The second-order valence-corrected chi connectivity index (χ2v) is 13.5. The highest BCUT2D eigenvalue weighted by atomic mass is 16.7. The Morgan fingerprint density at radius 3 is 2.61 bits per heavy atom. The number of hydrogen-bond acceptors (Lipinski definition) is 8. The van der Waals surface area contributed by atoms with E-state index in [-0.39, 0.29) is 53.6 Å². The van der Waals surface area contributed by atoms with E-state index in [1.807, 2.05) is 6.92 Å². The average Bonchev–Trinajstić information content (AvgIpc) is 3.45. The summed E-state index contributed by atoms with van der Waals surface area (Å²) in [6, 6.07) is 0. The fourth-order valence-corrected chi connectivity index (χ4v) is 10.1. The van der Waals surface area contributed by atoms with Crippen LogP contribution >= 0.6 is 0 Å². The molecule has 12 atom stereocenters. The van der Waals surface area contributed by atoms with Gasteiger partial charge in [0.05, 0.1) is 23.9 Å². The van der Waals surface area contributed by atoms with E-state index in [1.165, 1.54) is 0 Å². The molecule has 4 saturated carbocycles. The summed E-state index contributed by atoms with van der Waals surface area (Å²) in [5.74, 6) is 0.731. The van der Waals surface area contributed by atoms with Crippen LogP contribution in [0.15, 0.2) is 11.6 Å². The number of carbonyl (C=O) groups excluding carboxylic acids is 1. The third-order valence-electron chi connectivity index (χ3n) is 12.2. The fraction of sp³-hybridized carbons (Fsp3) is 0.900. The smallest absolute Gasteiger partial charge is 0.331 e. The number of ether oxygens (including phenoxy) is 4. The molecule has 0 bridgehead atoms. The highest BCUT2D eigenvalue weighted by molar-refractivity contribution is 5.85. The first-order valence-corrected chi connectivity index (χ1v) is 14.9. The molecule has 0 aromatic heterocycles. The second kappa shape index (κ2) is 9.81. The maximum absolute atomic E-state index is 12.4. The Labute approximate surface area is 226 Å². The van der Waals surface area contributed by atoms with Crippen LogP contribution in [0, 0.1) is 34.5 Å². The van der Waals surface area contributed by atoms with Crippen LogP contribution in [0.5, 0.6) is 0 Å². The van der Waals surface area contributed by atoms with Crippen molar-refractivity contribution in [1.82, 2.24) is 0 Å². The van der Waals surface area contributed by atoms with Gasteiger partial charge in [0.2, 0.25) is 0 Å². The van der Waals surface area contributed by atoms with Crippen LogP contribution in [0.2, 0.25) is 0 Å². The number of methoxy groups -OCH3 is 1. The summed E-state index contributed by atoms with van der Waals surface area (Å²) >= 11 is 0. The van der Waals surface area contributed by atoms with Crippen molar-refractivity contribution < 1.29 is 39.1 Å². The number of carbonyl (C=O) groups is 1. The lowest BCUT2D eigenvalue weighted by atomic mass is 9.43. The van der Waals surface area contributed by atoms with E-state index < -0.39 is 18.0 Å². The summed E-state index contributed by atoms with van der Waals surface area (Å²) in [6.45, 7) is 4.61. The molecule has 6 rings (SSSR count). The molecule has 0 amide bonds. The summed E-state index contributed by atoms with van der Waals surface area (Å²) in [7, 11) is 1.62. The Hall–Kier alpha value is -1.03. The Morgan fingerprint density at radius 2 is 1.89 bits per heavy atom. The lowest BCUT2D eigenvalue weighted by Crippen LogP contribution is -2.64. The number of fused-ring (bicyclic) bond motifs is 5. The van der Waals surface area contributed by atoms with Crippen LogP contribution in [0.1, 0.15) is 78.1 Å². The number of aliphatic hydroxyl groups is 3. The summed E-state index contributed by atoms with van der Waals surface area (Å²) in [5, 5.41) is 33.7. The number of esters is 1. The lowest BCUT2D eigenvalue weighted by molar-refractivity contribution is -0.275. The summed E-state index contributed by atoms with van der Waals surface area (Å²) in [6.07, 6.45) is 8.69. The van der Waals surface area contributed by atoms with Crippen LogP contribution in [0.4, 0.5) is 0 Å². The molecular weight excluding hydrogens is 488 g/mol. The first kappa shape index (κ1) is 27.2. The van der Waals surface area contributed by atoms with Gasteiger partial charge in [-0.25, -0.2) is 4.79 Å². The van der Waals surface area contributed by atoms with Crippen LogP contribution in [-0.2, 0) is 23.7 Å². The number of rotatable bonds is 5. The van der Waals surface area contributed by atoms with Gasteiger partial charge in [0.1, 0.15) is 12.7 Å². The quantitative estimate of drug-likeness (QED) is 0.364. The monoisotopic (exact) mass is 534 g/mol. The van der Waals surface area contributed by atoms with Crippen molar-refractivity contribution in [2.24, 2.45) is 34.5 Å². The van der Waals surface area contributed by atoms with Gasteiger partial charge in [-0.05, 0) is 99.4 Å². The van der Waals surface area contributed by atoms with Crippen molar-refractivity contribution >= 4 is 5.97 Å². The Morgan fingerprint density at radius 1 is 1.08 bits per heavy atom. The van der Waals surface area contributed by atoms with Gasteiger partial charge in [0, 0.05) is 31.6 Å². The van der Waals surface area contributed by atoms with Gasteiger partial charge in [-0.15, -0.1) is 0 Å². The van der Waals surface area contributed by atoms with Crippen molar-refractivity contribution in [3.63, 3.8) is 0 Å². The molecule has 1 saturated heterocycles. The van der Waals surface area contributed by atoms with E-state index in [2.05, 4.69) is 6.92 Å². The highest BCUT2D eigenvalue weighted by Gasteiger charge is 2.68. The summed E-state index contributed by atoms with van der Waals surface area (Å²) in [5.41, 5.74) is -0.182. The maximum Gasteiger partial charge on any atom is 0.331 e. The van der Waals surface area contributed by atoms with Crippen molar-refractivity contribution in [2.75, 3.05) is 20.3 Å². The minimum atomic E-state index is -0.782. The molecule has 2 aliphatic heterocycles. The van der Waals surface area contributed by atoms with Crippen LogP contribution in [0.3, 0.4) is 0 Å². The van der Waals surface area contributed by atoms with E-state index in [0.717, 1.165) is 63.4 Å². The van der Waals surface area contributed by atoms with E-state index in [1.54, 1.807) is 13.2 Å². The Kier molecular flexibility index (Phi) is 7.01. The van der Waals surface area contributed by atoms with E-state index >= 15 is 0 Å². The van der Waals surface area contributed by atoms with Crippen LogP contribution in [-0.4, -0.2) is 77.9 Å². The normalized spacial score (nSPS) is 52.5. The molecule has 2 heterocycles. The van der Waals surface area contributed by atoms with Gasteiger partial charge in [0.25, 0.3) is 0 Å². The lowest BCUT2D eigenvalue weighted by Gasteiger charge is -2.64. The summed E-state index contributed by atoms with van der Waals surface area (Å²) < 4.78 is 23.1. The molecule has 0 spiro atoms. The third-order valence-corrected chi connectivity index (χ3v) is 12.2. The largest absolute Gasteiger partial charge is 0.458 e. The van der Waals surface area contributed by atoms with Crippen molar-refractivity contribution in [2.45, 2.75) is 114 Å². The molecule has 0 aromatic rings. The molecule has 5 fully saturated rings. The molecular formula is C30H46O8. The van der Waals surface area contributed by atoms with E-state index in [0.29, 0.717) is 24.9 Å². The SMILES string of the molecule is COC1CC(OC2CCC3(CO)C(CCC4C3CCC3(C)C(C5=CC(=O)OC5)CCC43O)C2)OC(C)C1O. The van der Waals surface area contributed by atoms with Crippen molar-refractivity contribution in [3.8, 4) is 0 Å². The number of aliphatic hydroxyl groups excluding tert-OH is 2. The number of cyclic esters (lactones) is 1. The van der Waals surface area contributed by atoms with Gasteiger partial charge in [0.15, 0.2) is 6.29 Å². The predicted octanol–water partition coefficient (Wildman–Crippen LogP) is 3.11. The molecule has 0 radical (unpaired) electrons. The zero-order chi connectivity index (χ0) is 26.9.